The molecule has 1 heterocycles. The van der Waals surface area contributed by atoms with Crippen LogP contribution >= 0.6 is 0 Å². The maximum absolute atomic E-state index is 11.9. The molecule has 1 aromatic rings. The lowest BCUT2D eigenvalue weighted by Gasteiger charge is -2.24. The summed E-state index contributed by atoms with van der Waals surface area (Å²) in [6.45, 7) is 10.1. The molecule has 20 heavy (non-hydrogen) atoms. The van der Waals surface area contributed by atoms with Crippen molar-refractivity contribution >= 4 is 11.6 Å². The fourth-order valence-corrected chi connectivity index (χ4v) is 1.53. The van der Waals surface area contributed by atoms with Crippen molar-refractivity contribution in [1.29, 1.82) is 0 Å². The number of carbonyl (C=O) groups excluding carboxylic acids is 1. The second-order valence-corrected chi connectivity index (χ2v) is 5.66. The zero-order valence-electron chi connectivity index (χ0n) is 13.0. The van der Waals surface area contributed by atoms with Crippen molar-refractivity contribution in [2.75, 3.05) is 11.9 Å². The zero-order valence-corrected chi connectivity index (χ0v) is 13.0. The van der Waals surface area contributed by atoms with E-state index in [1.165, 1.54) is 0 Å². The number of hydrogen-bond donors (Lipinski definition) is 2. The molecule has 2 N–H and O–H groups in total. The first-order valence-electron chi connectivity index (χ1n) is 7.00. The number of ether oxygens (including phenoxy) is 1. The number of carbonyl (C=O) groups is 1. The standard InChI is InChI=1S/C15H25N3O2/c1-6-15(4,5)18-13(19)10-17-12-8-7-9-16-14(12)20-11(2)3/h7-9,11,17H,6,10H2,1-5H3,(H,18,19). The molecule has 0 radical (unpaired) electrons. The Morgan fingerprint density at radius 2 is 2.15 bits per heavy atom. The van der Waals surface area contributed by atoms with Crippen LogP contribution in [0.15, 0.2) is 18.3 Å². The Bertz CT molecular complexity index is 444. The summed E-state index contributed by atoms with van der Waals surface area (Å²) in [5, 5.41) is 6.04. The lowest BCUT2D eigenvalue weighted by molar-refractivity contribution is -0.121. The number of amides is 1. The Hall–Kier alpha value is -1.78. The van der Waals surface area contributed by atoms with Gasteiger partial charge in [0.15, 0.2) is 0 Å². The van der Waals surface area contributed by atoms with E-state index in [2.05, 4.69) is 15.6 Å². The van der Waals surface area contributed by atoms with Gasteiger partial charge in [0.2, 0.25) is 11.8 Å². The SMILES string of the molecule is CCC(C)(C)NC(=O)CNc1cccnc1OC(C)C. The lowest BCUT2D eigenvalue weighted by atomic mass is 10.0. The van der Waals surface area contributed by atoms with Crippen molar-refractivity contribution in [3.63, 3.8) is 0 Å². The van der Waals surface area contributed by atoms with Crippen molar-refractivity contribution < 1.29 is 9.53 Å². The molecule has 5 heteroatoms. The summed E-state index contributed by atoms with van der Waals surface area (Å²) in [5.74, 6) is 0.473. The minimum absolute atomic E-state index is 0.0401. The molecule has 0 saturated carbocycles. The summed E-state index contributed by atoms with van der Waals surface area (Å²) in [4.78, 5) is 16.1. The maximum Gasteiger partial charge on any atom is 0.239 e. The minimum Gasteiger partial charge on any atom is -0.473 e. The summed E-state index contributed by atoms with van der Waals surface area (Å²) in [5.41, 5.74) is 0.538. The van der Waals surface area contributed by atoms with Crippen LogP contribution in [0.5, 0.6) is 5.88 Å². The predicted octanol–water partition coefficient (Wildman–Crippen LogP) is 2.59. The predicted molar refractivity (Wildman–Crippen MR) is 81.0 cm³/mol. The first-order valence-corrected chi connectivity index (χ1v) is 7.00. The highest BCUT2D eigenvalue weighted by molar-refractivity contribution is 5.81. The second-order valence-electron chi connectivity index (χ2n) is 5.66. The minimum atomic E-state index is -0.190. The molecule has 1 amide bonds. The third-order valence-corrected chi connectivity index (χ3v) is 2.92. The summed E-state index contributed by atoms with van der Waals surface area (Å²) in [7, 11) is 0. The topological polar surface area (TPSA) is 63.2 Å². The second kappa shape index (κ2) is 7.12. The van der Waals surface area contributed by atoms with Gasteiger partial charge in [-0.2, -0.15) is 0 Å². The normalized spacial score (nSPS) is 11.3. The van der Waals surface area contributed by atoms with Gasteiger partial charge in [-0.3, -0.25) is 4.79 Å². The lowest BCUT2D eigenvalue weighted by Crippen LogP contribution is -2.45. The summed E-state index contributed by atoms with van der Waals surface area (Å²) in [6.07, 6.45) is 2.59. The number of nitrogens with one attached hydrogen (secondary N) is 2. The van der Waals surface area contributed by atoms with Crippen LogP contribution in [-0.2, 0) is 4.79 Å². The largest absolute Gasteiger partial charge is 0.473 e. The van der Waals surface area contributed by atoms with Crippen LogP contribution in [0.2, 0.25) is 0 Å². The molecule has 0 bridgehead atoms. The Morgan fingerprint density at radius 1 is 1.45 bits per heavy atom. The van der Waals surface area contributed by atoms with Gasteiger partial charge in [-0.25, -0.2) is 4.98 Å². The molecule has 0 atom stereocenters. The quantitative estimate of drug-likeness (QED) is 0.805. The van der Waals surface area contributed by atoms with E-state index in [1.807, 2.05) is 46.8 Å². The highest BCUT2D eigenvalue weighted by Gasteiger charge is 2.17. The third kappa shape index (κ3) is 5.47. The molecule has 0 spiro atoms. The monoisotopic (exact) mass is 279 g/mol. The third-order valence-electron chi connectivity index (χ3n) is 2.92. The van der Waals surface area contributed by atoms with Crippen LogP contribution in [0.25, 0.3) is 0 Å². The van der Waals surface area contributed by atoms with E-state index in [1.54, 1.807) is 6.20 Å². The molecule has 112 valence electrons. The van der Waals surface area contributed by atoms with Gasteiger partial charge in [-0.15, -0.1) is 0 Å². The number of hydrogen-bond acceptors (Lipinski definition) is 4. The molecule has 5 nitrogen and oxygen atoms in total. The van der Waals surface area contributed by atoms with Crippen molar-refractivity contribution in [1.82, 2.24) is 10.3 Å². The average Bonchev–Trinajstić information content (AvgIpc) is 2.36. The molecule has 0 saturated heterocycles. The molecule has 0 fully saturated rings. The smallest absolute Gasteiger partial charge is 0.239 e. The molecule has 0 aromatic carbocycles. The van der Waals surface area contributed by atoms with Gasteiger partial charge in [0, 0.05) is 11.7 Å². The molecule has 0 aliphatic rings. The van der Waals surface area contributed by atoms with Gasteiger partial charge in [-0.1, -0.05) is 6.92 Å². The van der Waals surface area contributed by atoms with Gasteiger partial charge in [-0.05, 0) is 46.2 Å². The molecule has 0 aliphatic heterocycles. The highest BCUT2D eigenvalue weighted by Crippen LogP contribution is 2.21. The molecule has 1 rings (SSSR count). The van der Waals surface area contributed by atoms with E-state index >= 15 is 0 Å². The van der Waals surface area contributed by atoms with E-state index < -0.39 is 0 Å². The fourth-order valence-electron chi connectivity index (χ4n) is 1.53. The molecular weight excluding hydrogens is 254 g/mol. The summed E-state index contributed by atoms with van der Waals surface area (Å²) in [6, 6.07) is 3.66. The van der Waals surface area contributed by atoms with Crippen LogP contribution in [0, 0.1) is 0 Å². The Morgan fingerprint density at radius 3 is 2.75 bits per heavy atom. The van der Waals surface area contributed by atoms with Crippen LogP contribution < -0.4 is 15.4 Å². The first-order chi connectivity index (χ1) is 9.34. The Balaban J connectivity index is 2.59. The van der Waals surface area contributed by atoms with Gasteiger partial charge in [0.05, 0.1) is 18.3 Å². The van der Waals surface area contributed by atoms with Gasteiger partial charge >= 0.3 is 0 Å². The van der Waals surface area contributed by atoms with Crippen molar-refractivity contribution in [3.05, 3.63) is 18.3 Å². The molecule has 0 unspecified atom stereocenters. The summed E-state index contributed by atoms with van der Waals surface area (Å²) >= 11 is 0. The maximum atomic E-state index is 11.9. The number of nitrogens with zero attached hydrogens (tertiary/aromatic N) is 1. The van der Waals surface area contributed by atoms with Gasteiger partial charge < -0.3 is 15.4 Å². The Kier molecular flexibility index (Phi) is 5.80. The van der Waals surface area contributed by atoms with Crippen LogP contribution in [0.1, 0.15) is 41.0 Å². The highest BCUT2D eigenvalue weighted by atomic mass is 16.5. The van der Waals surface area contributed by atoms with E-state index in [0.717, 1.165) is 12.1 Å². The van der Waals surface area contributed by atoms with Crippen molar-refractivity contribution in [3.8, 4) is 5.88 Å². The molecular formula is C15H25N3O2. The average molecular weight is 279 g/mol. The Labute approximate surface area is 121 Å². The zero-order chi connectivity index (χ0) is 15.2. The fraction of sp³-hybridized carbons (Fsp3) is 0.600. The molecule has 1 aromatic heterocycles. The van der Waals surface area contributed by atoms with E-state index in [9.17, 15) is 4.79 Å². The van der Waals surface area contributed by atoms with E-state index in [-0.39, 0.29) is 24.1 Å². The first kappa shape index (κ1) is 16.3. The van der Waals surface area contributed by atoms with Crippen molar-refractivity contribution in [2.45, 2.75) is 52.7 Å². The van der Waals surface area contributed by atoms with Crippen molar-refractivity contribution in [2.24, 2.45) is 0 Å². The van der Waals surface area contributed by atoms with E-state index in [4.69, 9.17) is 4.74 Å². The number of pyridine rings is 1. The number of rotatable bonds is 7. The van der Waals surface area contributed by atoms with Crippen LogP contribution in [0.3, 0.4) is 0 Å². The van der Waals surface area contributed by atoms with Crippen LogP contribution in [-0.4, -0.2) is 29.1 Å². The van der Waals surface area contributed by atoms with E-state index in [0.29, 0.717) is 5.88 Å². The number of anilines is 1. The van der Waals surface area contributed by atoms with Gasteiger partial charge in [0.1, 0.15) is 0 Å². The van der Waals surface area contributed by atoms with Gasteiger partial charge in [0.25, 0.3) is 0 Å². The number of aromatic nitrogens is 1. The van der Waals surface area contributed by atoms with Crippen LogP contribution in [0.4, 0.5) is 5.69 Å². The molecule has 0 aliphatic carbocycles. The summed E-state index contributed by atoms with van der Waals surface area (Å²) < 4.78 is 5.59.